The van der Waals surface area contributed by atoms with Crippen molar-refractivity contribution in [1.82, 2.24) is 20.0 Å². The lowest BCUT2D eigenvalue weighted by molar-refractivity contribution is 0.200. The van der Waals surface area contributed by atoms with Crippen molar-refractivity contribution in [3.8, 4) is 0 Å². The summed E-state index contributed by atoms with van der Waals surface area (Å²) < 4.78 is 0. The van der Waals surface area contributed by atoms with Crippen LogP contribution >= 0.6 is 0 Å². The number of carbonyl (C=O) groups excluding carboxylic acids is 1. The first-order valence-electron chi connectivity index (χ1n) is 11.1. The van der Waals surface area contributed by atoms with E-state index >= 15 is 0 Å². The Morgan fingerprint density at radius 3 is 2.73 bits per heavy atom. The van der Waals surface area contributed by atoms with Gasteiger partial charge < -0.3 is 15.1 Å². The SMILES string of the molecule is C=C/C=C(\C=C)CCN(/C=C/C)C1=C(/C=C/CC)CN(CCN2CCNC2=O)CC1. The van der Waals surface area contributed by atoms with Gasteiger partial charge in [-0.25, -0.2) is 4.79 Å². The molecule has 1 N–H and O–H groups in total. The van der Waals surface area contributed by atoms with Gasteiger partial charge in [-0.05, 0) is 37.1 Å². The molecule has 1 fully saturated rings. The number of carbonyl (C=O) groups is 1. The molecule has 1 saturated heterocycles. The highest BCUT2D eigenvalue weighted by atomic mass is 16.2. The molecule has 2 heterocycles. The number of urea groups is 1. The molecule has 0 aliphatic carbocycles. The fourth-order valence-electron chi connectivity index (χ4n) is 3.88. The molecular weight excluding hydrogens is 372 g/mol. The van der Waals surface area contributed by atoms with Crippen LogP contribution < -0.4 is 5.32 Å². The maximum absolute atomic E-state index is 11.8. The standard InChI is InChI=1S/C25H38N4O/c1-5-9-11-23-21-27(19-20-29-18-14-26-25(29)30)16-13-24(23)28(15-7-3)17-12-22(8-4)10-6-2/h6-11,15H,2,4-5,12-14,16-21H2,1,3H3,(H,26,30)/b11-9+,15-7+,22-10+. The third-order valence-corrected chi connectivity index (χ3v) is 5.53. The lowest BCUT2D eigenvalue weighted by Crippen LogP contribution is -2.41. The molecule has 164 valence electrons. The predicted molar refractivity (Wildman–Crippen MR) is 127 cm³/mol. The Morgan fingerprint density at radius 1 is 1.27 bits per heavy atom. The number of nitrogens with zero attached hydrogens (tertiary/aromatic N) is 3. The van der Waals surface area contributed by atoms with Gasteiger partial charge in [0.25, 0.3) is 0 Å². The fraction of sp³-hybridized carbons (Fsp3) is 0.480. The van der Waals surface area contributed by atoms with Crippen molar-refractivity contribution in [3.05, 3.63) is 72.7 Å². The first-order chi connectivity index (χ1) is 14.6. The fourth-order valence-corrected chi connectivity index (χ4v) is 3.88. The molecule has 0 bridgehead atoms. The van der Waals surface area contributed by atoms with E-state index in [2.05, 4.69) is 66.5 Å². The summed E-state index contributed by atoms with van der Waals surface area (Å²) in [5, 5.41) is 2.88. The van der Waals surface area contributed by atoms with Crippen molar-refractivity contribution >= 4 is 6.03 Å². The first kappa shape index (κ1) is 23.7. The van der Waals surface area contributed by atoms with E-state index in [9.17, 15) is 4.79 Å². The summed E-state index contributed by atoms with van der Waals surface area (Å²) in [4.78, 5) is 18.6. The Morgan fingerprint density at radius 2 is 2.10 bits per heavy atom. The molecule has 2 rings (SSSR count). The molecule has 5 heteroatoms. The summed E-state index contributed by atoms with van der Waals surface area (Å²) in [6.07, 6.45) is 17.6. The van der Waals surface area contributed by atoms with E-state index < -0.39 is 0 Å². The molecule has 0 aromatic carbocycles. The average Bonchev–Trinajstić information content (AvgIpc) is 3.17. The minimum atomic E-state index is 0.0687. The molecule has 2 amide bonds. The van der Waals surface area contributed by atoms with E-state index in [1.165, 1.54) is 16.8 Å². The van der Waals surface area contributed by atoms with E-state index in [1.807, 2.05) is 23.1 Å². The Labute approximate surface area is 182 Å². The molecule has 30 heavy (non-hydrogen) atoms. The van der Waals surface area contributed by atoms with Gasteiger partial charge in [0, 0.05) is 57.9 Å². The van der Waals surface area contributed by atoms with Crippen LogP contribution in [0.3, 0.4) is 0 Å². The number of nitrogens with one attached hydrogen (secondary N) is 1. The van der Waals surface area contributed by atoms with E-state index in [4.69, 9.17) is 0 Å². The van der Waals surface area contributed by atoms with Gasteiger partial charge in [-0.1, -0.05) is 56.5 Å². The van der Waals surface area contributed by atoms with Crippen LogP contribution in [0, 0.1) is 0 Å². The summed E-state index contributed by atoms with van der Waals surface area (Å²) >= 11 is 0. The van der Waals surface area contributed by atoms with Crippen LogP contribution in [0.25, 0.3) is 0 Å². The second-order valence-corrected chi connectivity index (χ2v) is 7.63. The average molecular weight is 411 g/mol. The largest absolute Gasteiger partial charge is 0.351 e. The van der Waals surface area contributed by atoms with Crippen LogP contribution in [0.5, 0.6) is 0 Å². The monoisotopic (exact) mass is 410 g/mol. The van der Waals surface area contributed by atoms with Gasteiger partial charge in [-0.15, -0.1) is 0 Å². The highest BCUT2D eigenvalue weighted by molar-refractivity contribution is 5.76. The molecule has 2 aliphatic rings. The highest BCUT2D eigenvalue weighted by Gasteiger charge is 2.23. The van der Waals surface area contributed by atoms with Gasteiger partial charge in [0.15, 0.2) is 0 Å². The summed E-state index contributed by atoms with van der Waals surface area (Å²) in [6.45, 7) is 18.1. The molecule has 0 saturated carbocycles. The number of rotatable bonds is 12. The lowest BCUT2D eigenvalue weighted by atomic mass is 10.0. The molecule has 0 aromatic heterocycles. The van der Waals surface area contributed by atoms with Crippen LogP contribution in [-0.2, 0) is 0 Å². The van der Waals surface area contributed by atoms with Crippen molar-refractivity contribution in [2.75, 3.05) is 45.8 Å². The van der Waals surface area contributed by atoms with Crippen molar-refractivity contribution in [1.29, 1.82) is 0 Å². The maximum atomic E-state index is 11.8. The Balaban J connectivity index is 2.11. The van der Waals surface area contributed by atoms with E-state index in [-0.39, 0.29) is 6.03 Å². The molecule has 5 nitrogen and oxygen atoms in total. The molecular formula is C25H38N4O. The second-order valence-electron chi connectivity index (χ2n) is 7.63. The zero-order valence-electron chi connectivity index (χ0n) is 18.8. The Hall–Kier alpha value is -2.53. The summed E-state index contributed by atoms with van der Waals surface area (Å²) in [6, 6.07) is 0.0687. The van der Waals surface area contributed by atoms with Crippen LogP contribution in [0.1, 0.15) is 33.1 Å². The summed E-state index contributed by atoms with van der Waals surface area (Å²) in [7, 11) is 0. The van der Waals surface area contributed by atoms with Crippen LogP contribution in [0.15, 0.2) is 72.7 Å². The molecule has 0 unspecified atom stereocenters. The van der Waals surface area contributed by atoms with Crippen LogP contribution in [0.4, 0.5) is 4.79 Å². The second kappa shape index (κ2) is 12.9. The molecule has 0 atom stereocenters. The molecule has 0 spiro atoms. The van der Waals surface area contributed by atoms with Gasteiger partial charge in [0.1, 0.15) is 0 Å². The first-order valence-corrected chi connectivity index (χ1v) is 11.1. The van der Waals surface area contributed by atoms with Crippen LogP contribution in [0.2, 0.25) is 0 Å². The van der Waals surface area contributed by atoms with E-state index in [0.29, 0.717) is 0 Å². The van der Waals surface area contributed by atoms with Gasteiger partial charge in [-0.3, -0.25) is 4.90 Å². The topological polar surface area (TPSA) is 38.8 Å². The van der Waals surface area contributed by atoms with Crippen molar-refractivity contribution in [2.24, 2.45) is 0 Å². The predicted octanol–water partition coefficient (Wildman–Crippen LogP) is 4.46. The quantitative estimate of drug-likeness (QED) is 0.483. The van der Waals surface area contributed by atoms with Gasteiger partial charge in [-0.2, -0.15) is 0 Å². The van der Waals surface area contributed by atoms with E-state index in [0.717, 1.165) is 65.1 Å². The minimum Gasteiger partial charge on any atom is -0.351 e. The number of hydrogen-bond acceptors (Lipinski definition) is 3. The van der Waals surface area contributed by atoms with Crippen molar-refractivity contribution in [2.45, 2.75) is 33.1 Å². The van der Waals surface area contributed by atoms with Crippen molar-refractivity contribution < 1.29 is 4.79 Å². The van der Waals surface area contributed by atoms with Crippen LogP contribution in [-0.4, -0.2) is 66.5 Å². The Bertz CT molecular complexity index is 717. The third-order valence-electron chi connectivity index (χ3n) is 5.53. The van der Waals surface area contributed by atoms with Gasteiger partial charge >= 0.3 is 6.03 Å². The molecule has 2 aliphatic heterocycles. The normalized spacial score (nSPS) is 18.5. The van der Waals surface area contributed by atoms with E-state index in [1.54, 1.807) is 0 Å². The smallest absolute Gasteiger partial charge is 0.317 e. The number of amides is 2. The summed E-state index contributed by atoms with van der Waals surface area (Å²) in [5.74, 6) is 0. The number of hydrogen-bond donors (Lipinski definition) is 1. The van der Waals surface area contributed by atoms with Gasteiger partial charge in [0.05, 0.1) is 0 Å². The minimum absolute atomic E-state index is 0.0687. The van der Waals surface area contributed by atoms with Gasteiger partial charge in [0.2, 0.25) is 0 Å². The molecule has 0 aromatic rings. The zero-order valence-corrected chi connectivity index (χ0v) is 18.8. The summed E-state index contributed by atoms with van der Waals surface area (Å²) in [5.41, 5.74) is 3.97. The molecule has 0 radical (unpaired) electrons. The maximum Gasteiger partial charge on any atom is 0.317 e. The lowest BCUT2D eigenvalue weighted by Gasteiger charge is -2.35. The number of allylic oxidation sites excluding steroid dienone is 5. The highest BCUT2D eigenvalue weighted by Crippen LogP contribution is 2.24. The zero-order chi connectivity index (χ0) is 21.8. The Kier molecular flexibility index (Phi) is 10.2. The third kappa shape index (κ3) is 7.06. The van der Waals surface area contributed by atoms with Crippen molar-refractivity contribution in [3.63, 3.8) is 0 Å².